The molecule has 1 heterocycles. The van der Waals surface area contributed by atoms with Gasteiger partial charge in [-0.1, -0.05) is 54.3 Å². The van der Waals surface area contributed by atoms with E-state index in [1.807, 2.05) is 62.4 Å². The summed E-state index contributed by atoms with van der Waals surface area (Å²) in [7, 11) is 1.52. The number of para-hydroxylation sites is 1. The molecule has 3 aromatic carbocycles. The zero-order valence-corrected chi connectivity index (χ0v) is 21.2. The van der Waals surface area contributed by atoms with E-state index in [0.29, 0.717) is 20.7 Å². The molecule has 35 heavy (non-hydrogen) atoms. The number of carbonyl (C=O) groups is 2. The summed E-state index contributed by atoms with van der Waals surface area (Å²) in [6.45, 7) is 3.79. The number of ether oxygens (including phenoxy) is 2. The topological polar surface area (TPSA) is 67.9 Å². The molecule has 0 unspecified atom stereocenters. The van der Waals surface area contributed by atoms with Gasteiger partial charge in [0.15, 0.2) is 22.4 Å². The molecule has 1 aliphatic rings. The van der Waals surface area contributed by atoms with Crippen LogP contribution in [0.2, 0.25) is 0 Å². The number of aryl methyl sites for hydroxylation is 2. The summed E-state index contributed by atoms with van der Waals surface area (Å²) in [6.07, 6.45) is 1.77. The Bertz CT molecular complexity index is 1300. The lowest BCUT2D eigenvalue weighted by Crippen LogP contribution is -2.27. The highest BCUT2D eigenvalue weighted by Crippen LogP contribution is 2.37. The SMILES string of the molecule is COc1cc(/C=C2\SC(=S)N(c3ccccc3)C2=O)ccc1OCC(=O)Nc1cc(C)cc(C)c1. The van der Waals surface area contributed by atoms with E-state index in [4.69, 9.17) is 21.7 Å². The van der Waals surface area contributed by atoms with E-state index in [-0.39, 0.29) is 18.4 Å². The number of benzene rings is 3. The summed E-state index contributed by atoms with van der Waals surface area (Å²) in [5.41, 5.74) is 4.35. The first-order chi connectivity index (χ1) is 16.8. The van der Waals surface area contributed by atoms with Gasteiger partial charge in [0.1, 0.15) is 0 Å². The van der Waals surface area contributed by atoms with E-state index in [1.54, 1.807) is 24.3 Å². The molecule has 1 aliphatic heterocycles. The van der Waals surface area contributed by atoms with E-state index in [0.717, 1.165) is 28.1 Å². The first-order valence-corrected chi connectivity index (χ1v) is 12.1. The lowest BCUT2D eigenvalue weighted by molar-refractivity contribution is -0.118. The molecule has 0 atom stereocenters. The van der Waals surface area contributed by atoms with Crippen LogP contribution in [-0.4, -0.2) is 29.9 Å². The Morgan fingerprint density at radius 3 is 2.43 bits per heavy atom. The van der Waals surface area contributed by atoms with Crippen LogP contribution in [0.15, 0.2) is 71.6 Å². The Hall–Kier alpha value is -3.62. The molecule has 178 valence electrons. The molecule has 1 saturated heterocycles. The van der Waals surface area contributed by atoms with Crippen LogP contribution in [0.4, 0.5) is 11.4 Å². The number of thiocarbonyl (C=S) groups is 1. The van der Waals surface area contributed by atoms with Crippen molar-refractivity contribution in [2.45, 2.75) is 13.8 Å². The van der Waals surface area contributed by atoms with Crippen LogP contribution < -0.4 is 19.7 Å². The Kier molecular flexibility index (Phi) is 7.53. The maximum Gasteiger partial charge on any atom is 0.270 e. The van der Waals surface area contributed by atoms with E-state index in [1.165, 1.54) is 23.8 Å². The van der Waals surface area contributed by atoms with Crippen molar-refractivity contribution in [3.8, 4) is 11.5 Å². The van der Waals surface area contributed by atoms with Gasteiger partial charge in [-0.3, -0.25) is 14.5 Å². The van der Waals surface area contributed by atoms with Gasteiger partial charge in [0.2, 0.25) is 0 Å². The molecule has 0 spiro atoms. The zero-order chi connectivity index (χ0) is 24.9. The number of amides is 2. The van der Waals surface area contributed by atoms with Crippen LogP contribution in [0.3, 0.4) is 0 Å². The summed E-state index contributed by atoms with van der Waals surface area (Å²) < 4.78 is 11.6. The molecular formula is C27H24N2O4S2. The molecule has 4 rings (SSSR count). The molecule has 0 aromatic heterocycles. The molecule has 0 bridgehead atoms. The van der Waals surface area contributed by atoms with Crippen LogP contribution in [0.25, 0.3) is 6.08 Å². The van der Waals surface area contributed by atoms with Gasteiger partial charge in [-0.05, 0) is 73.0 Å². The van der Waals surface area contributed by atoms with Gasteiger partial charge in [0.05, 0.1) is 17.7 Å². The Morgan fingerprint density at radius 1 is 1.03 bits per heavy atom. The fraction of sp³-hybridized carbons (Fsp3) is 0.148. The summed E-state index contributed by atoms with van der Waals surface area (Å²) in [4.78, 5) is 27.4. The first-order valence-electron chi connectivity index (χ1n) is 10.9. The van der Waals surface area contributed by atoms with Crippen LogP contribution in [0.1, 0.15) is 16.7 Å². The number of rotatable bonds is 7. The lowest BCUT2D eigenvalue weighted by atomic mass is 10.1. The van der Waals surface area contributed by atoms with Gasteiger partial charge >= 0.3 is 0 Å². The van der Waals surface area contributed by atoms with Crippen LogP contribution >= 0.6 is 24.0 Å². The standard InChI is InChI=1S/C27H24N2O4S2/c1-17-11-18(2)13-20(12-17)28-25(30)16-33-22-10-9-19(14-23(22)32-3)15-24-26(31)29(27(34)35-24)21-7-5-4-6-8-21/h4-15H,16H2,1-3H3,(H,28,30)/b24-15-. The number of nitrogens with zero attached hydrogens (tertiary/aromatic N) is 1. The van der Waals surface area contributed by atoms with Crippen molar-refractivity contribution in [1.82, 2.24) is 0 Å². The average molecular weight is 505 g/mol. The second-order valence-electron chi connectivity index (χ2n) is 7.98. The highest BCUT2D eigenvalue weighted by atomic mass is 32.2. The monoisotopic (exact) mass is 504 g/mol. The van der Waals surface area contributed by atoms with Gasteiger partial charge in [0, 0.05) is 5.69 Å². The third-order valence-corrected chi connectivity index (χ3v) is 6.46. The minimum Gasteiger partial charge on any atom is -0.493 e. The third-order valence-electron chi connectivity index (χ3n) is 5.16. The molecule has 1 N–H and O–H groups in total. The first kappa shape index (κ1) is 24.5. The van der Waals surface area contributed by atoms with Crippen molar-refractivity contribution in [2.75, 3.05) is 23.9 Å². The maximum atomic E-state index is 13.0. The van der Waals surface area contributed by atoms with Gasteiger partial charge in [-0.25, -0.2) is 0 Å². The minimum absolute atomic E-state index is 0.168. The molecular weight excluding hydrogens is 480 g/mol. The molecule has 0 radical (unpaired) electrons. The Balaban J connectivity index is 1.44. The average Bonchev–Trinajstić information content (AvgIpc) is 3.10. The van der Waals surface area contributed by atoms with Crippen molar-refractivity contribution >= 4 is 57.6 Å². The van der Waals surface area contributed by atoms with Crippen molar-refractivity contribution in [1.29, 1.82) is 0 Å². The number of carbonyl (C=O) groups excluding carboxylic acids is 2. The lowest BCUT2D eigenvalue weighted by Gasteiger charge is -2.14. The molecule has 3 aromatic rings. The highest BCUT2D eigenvalue weighted by Gasteiger charge is 2.33. The van der Waals surface area contributed by atoms with E-state index in [9.17, 15) is 9.59 Å². The second-order valence-corrected chi connectivity index (χ2v) is 9.65. The summed E-state index contributed by atoms with van der Waals surface area (Å²) in [6, 6.07) is 20.4. The predicted molar refractivity (Wildman–Crippen MR) is 145 cm³/mol. The van der Waals surface area contributed by atoms with Gasteiger partial charge in [-0.15, -0.1) is 0 Å². The number of thioether (sulfide) groups is 1. The highest BCUT2D eigenvalue weighted by molar-refractivity contribution is 8.27. The number of nitrogens with one attached hydrogen (secondary N) is 1. The maximum absolute atomic E-state index is 13.0. The number of hydrogen-bond acceptors (Lipinski definition) is 6. The minimum atomic E-state index is -0.272. The second kappa shape index (κ2) is 10.8. The van der Waals surface area contributed by atoms with E-state index < -0.39 is 0 Å². The molecule has 6 nitrogen and oxygen atoms in total. The number of methoxy groups -OCH3 is 1. The fourth-order valence-corrected chi connectivity index (χ4v) is 5.00. The third kappa shape index (κ3) is 5.90. The molecule has 8 heteroatoms. The zero-order valence-electron chi connectivity index (χ0n) is 19.5. The summed E-state index contributed by atoms with van der Waals surface area (Å²) >= 11 is 6.68. The molecule has 2 amide bonds. The van der Waals surface area contributed by atoms with Crippen LogP contribution in [0.5, 0.6) is 11.5 Å². The van der Waals surface area contributed by atoms with E-state index >= 15 is 0 Å². The van der Waals surface area contributed by atoms with Crippen molar-refractivity contribution in [3.63, 3.8) is 0 Å². The van der Waals surface area contributed by atoms with Crippen molar-refractivity contribution < 1.29 is 19.1 Å². The largest absolute Gasteiger partial charge is 0.493 e. The number of anilines is 2. The van der Waals surface area contributed by atoms with Gasteiger partial charge < -0.3 is 14.8 Å². The smallest absolute Gasteiger partial charge is 0.270 e. The quantitative estimate of drug-likeness (QED) is 0.327. The van der Waals surface area contributed by atoms with Crippen LogP contribution in [-0.2, 0) is 9.59 Å². The van der Waals surface area contributed by atoms with Crippen LogP contribution in [0, 0.1) is 13.8 Å². The van der Waals surface area contributed by atoms with Crippen molar-refractivity contribution in [3.05, 3.63) is 88.3 Å². The summed E-state index contributed by atoms with van der Waals surface area (Å²) in [5, 5.41) is 2.85. The Morgan fingerprint density at radius 2 is 1.74 bits per heavy atom. The summed E-state index contributed by atoms with van der Waals surface area (Å²) in [5.74, 6) is 0.438. The Labute approximate surface area is 213 Å². The van der Waals surface area contributed by atoms with Gasteiger partial charge in [-0.2, -0.15) is 0 Å². The molecule has 0 saturated carbocycles. The molecule has 0 aliphatic carbocycles. The van der Waals surface area contributed by atoms with Crippen molar-refractivity contribution in [2.24, 2.45) is 0 Å². The fourth-order valence-electron chi connectivity index (χ4n) is 3.70. The van der Waals surface area contributed by atoms with E-state index in [2.05, 4.69) is 5.32 Å². The molecule has 1 fully saturated rings. The number of hydrogen-bond donors (Lipinski definition) is 1. The normalized spacial score (nSPS) is 14.4. The predicted octanol–water partition coefficient (Wildman–Crippen LogP) is 5.74. The van der Waals surface area contributed by atoms with Gasteiger partial charge in [0.25, 0.3) is 11.8 Å².